The van der Waals surface area contributed by atoms with Crippen LogP contribution in [-0.2, 0) is 0 Å². The molecule has 2 rings (SSSR count). The van der Waals surface area contributed by atoms with E-state index >= 15 is 0 Å². The first-order valence-electron chi connectivity index (χ1n) is 6.29. The van der Waals surface area contributed by atoms with E-state index in [4.69, 9.17) is 10.00 Å². The predicted octanol–water partition coefficient (Wildman–Crippen LogP) is 3.19. The van der Waals surface area contributed by atoms with Gasteiger partial charge in [-0.05, 0) is 24.1 Å². The molecule has 0 fully saturated rings. The van der Waals surface area contributed by atoms with Crippen LogP contribution in [0.15, 0.2) is 36.7 Å². The van der Waals surface area contributed by atoms with Crippen molar-refractivity contribution in [3.63, 3.8) is 0 Å². The highest BCUT2D eigenvalue weighted by atomic mass is 16.5. The molecule has 0 saturated heterocycles. The second-order valence-electron chi connectivity index (χ2n) is 4.13. The maximum absolute atomic E-state index is 8.65. The molecule has 0 spiro atoms. The van der Waals surface area contributed by atoms with Gasteiger partial charge in [0, 0.05) is 18.0 Å². The fraction of sp³-hybridized carbons (Fsp3) is 0.267. The van der Waals surface area contributed by atoms with E-state index in [0.717, 1.165) is 36.3 Å². The number of rotatable bonds is 5. The first-order valence-corrected chi connectivity index (χ1v) is 6.29. The van der Waals surface area contributed by atoms with Gasteiger partial charge in [-0.3, -0.25) is 0 Å². The number of nitriles is 1. The van der Waals surface area contributed by atoms with Gasteiger partial charge < -0.3 is 4.74 Å². The average molecular weight is 253 g/mol. The van der Waals surface area contributed by atoms with Crippen molar-refractivity contribution in [1.82, 2.24) is 9.97 Å². The lowest BCUT2D eigenvalue weighted by Gasteiger charge is -2.06. The monoisotopic (exact) mass is 253 g/mol. The molecule has 0 bridgehead atoms. The Hall–Kier alpha value is -2.41. The van der Waals surface area contributed by atoms with Gasteiger partial charge in [-0.1, -0.05) is 25.5 Å². The van der Waals surface area contributed by atoms with Crippen LogP contribution < -0.4 is 4.74 Å². The van der Waals surface area contributed by atoms with Crippen LogP contribution >= 0.6 is 0 Å². The Balaban J connectivity index is 2.07. The topological polar surface area (TPSA) is 58.8 Å². The summed E-state index contributed by atoms with van der Waals surface area (Å²) in [5, 5.41) is 8.65. The van der Waals surface area contributed by atoms with Crippen LogP contribution in [0.2, 0.25) is 0 Å². The van der Waals surface area contributed by atoms with Crippen molar-refractivity contribution in [1.29, 1.82) is 5.26 Å². The van der Waals surface area contributed by atoms with Crippen LogP contribution in [0, 0.1) is 11.3 Å². The maximum Gasteiger partial charge on any atom is 0.232 e. The summed E-state index contributed by atoms with van der Waals surface area (Å²) < 4.78 is 5.60. The number of hydrogen-bond acceptors (Lipinski definition) is 4. The van der Waals surface area contributed by atoms with Crippen molar-refractivity contribution in [2.75, 3.05) is 6.61 Å². The van der Waals surface area contributed by atoms with E-state index in [2.05, 4.69) is 16.9 Å². The zero-order chi connectivity index (χ0) is 13.5. The molecule has 2 aromatic rings. The zero-order valence-electron chi connectivity index (χ0n) is 10.8. The Labute approximate surface area is 112 Å². The van der Waals surface area contributed by atoms with Crippen molar-refractivity contribution in [3.05, 3.63) is 42.5 Å². The van der Waals surface area contributed by atoms with Crippen molar-refractivity contribution in [3.8, 4) is 22.9 Å². The fourth-order valence-corrected chi connectivity index (χ4v) is 1.61. The Bertz CT molecular complexity index is 555. The third-order valence-corrected chi connectivity index (χ3v) is 2.71. The second-order valence-corrected chi connectivity index (χ2v) is 4.13. The molecule has 0 atom stereocenters. The number of nitrogens with zero attached hydrogens (tertiary/aromatic N) is 3. The first-order chi connectivity index (χ1) is 9.33. The van der Waals surface area contributed by atoms with E-state index in [0.29, 0.717) is 0 Å². The molecule has 0 radical (unpaired) electrons. The minimum absolute atomic E-state index is 0.184. The molecule has 4 nitrogen and oxygen atoms in total. The number of benzene rings is 1. The summed E-state index contributed by atoms with van der Waals surface area (Å²) in [6.07, 6.45) is 5.49. The van der Waals surface area contributed by atoms with Crippen molar-refractivity contribution < 1.29 is 4.74 Å². The number of ether oxygens (including phenoxy) is 1. The lowest BCUT2D eigenvalue weighted by Crippen LogP contribution is -1.96. The molecular weight excluding hydrogens is 238 g/mol. The first kappa shape index (κ1) is 13.0. The summed E-state index contributed by atoms with van der Waals surface area (Å²) >= 11 is 0. The smallest absolute Gasteiger partial charge is 0.232 e. The molecule has 1 heterocycles. The highest BCUT2D eigenvalue weighted by molar-refractivity contribution is 5.62. The molecule has 0 aliphatic rings. The third kappa shape index (κ3) is 3.52. The van der Waals surface area contributed by atoms with Gasteiger partial charge in [-0.2, -0.15) is 5.26 Å². The molecular formula is C15H15N3O. The molecule has 4 heteroatoms. The van der Waals surface area contributed by atoms with E-state index in [1.165, 1.54) is 0 Å². The SMILES string of the molecule is CCCCOc1ccc(-c2cnc(C#N)nc2)cc1. The molecule has 0 unspecified atom stereocenters. The van der Waals surface area contributed by atoms with Crippen LogP contribution in [0.1, 0.15) is 25.6 Å². The minimum atomic E-state index is 0.184. The van der Waals surface area contributed by atoms with Crippen molar-refractivity contribution in [2.45, 2.75) is 19.8 Å². The van der Waals surface area contributed by atoms with Gasteiger partial charge in [0.1, 0.15) is 11.8 Å². The van der Waals surface area contributed by atoms with E-state index < -0.39 is 0 Å². The van der Waals surface area contributed by atoms with Gasteiger partial charge in [-0.15, -0.1) is 0 Å². The highest BCUT2D eigenvalue weighted by Gasteiger charge is 2.01. The van der Waals surface area contributed by atoms with Gasteiger partial charge in [0.15, 0.2) is 0 Å². The summed E-state index contributed by atoms with van der Waals surface area (Å²) in [5.41, 5.74) is 1.89. The van der Waals surface area contributed by atoms with E-state index in [1.54, 1.807) is 12.4 Å². The zero-order valence-corrected chi connectivity index (χ0v) is 10.8. The molecule has 0 saturated carbocycles. The van der Waals surface area contributed by atoms with Crippen LogP contribution in [0.25, 0.3) is 11.1 Å². The normalized spacial score (nSPS) is 9.89. The van der Waals surface area contributed by atoms with E-state index in [9.17, 15) is 0 Å². The Morgan fingerprint density at radius 1 is 1.11 bits per heavy atom. The second kappa shape index (κ2) is 6.50. The maximum atomic E-state index is 8.65. The molecule has 96 valence electrons. The summed E-state index contributed by atoms with van der Waals surface area (Å²) in [6, 6.07) is 9.70. The molecule has 0 amide bonds. The van der Waals surface area contributed by atoms with Crippen LogP contribution in [0.4, 0.5) is 0 Å². The number of unbranched alkanes of at least 4 members (excludes halogenated alkanes) is 1. The summed E-state index contributed by atoms with van der Waals surface area (Å²) in [7, 11) is 0. The van der Waals surface area contributed by atoms with Gasteiger partial charge in [0.25, 0.3) is 0 Å². The minimum Gasteiger partial charge on any atom is -0.494 e. The highest BCUT2D eigenvalue weighted by Crippen LogP contribution is 2.21. The van der Waals surface area contributed by atoms with Gasteiger partial charge in [0.05, 0.1) is 6.61 Å². The van der Waals surface area contributed by atoms with Crippen molar-refractivity contribution in [2.24, 2.45) is 0 Å². The quantitative estimate of drug-likeness (QED) is 0.768. The predicted molar refractivity (Wildman–Crippen MR) is 72.6 cm³/mol. The van der Waals surface area contributed by atoms with Crippen LogP contribution in [0.5, 0.6) is 5.75 Å². The molecule has 1 aromatic heterocycles. The average Bonchev–Trinajstić information content (AvgIpc) is 2.48. The molecule has 0 aliphatic heterocycles. The lowest BCUT2D eigenvalue weighted by atomic mass is 10.1. The van der Waals surface area contributed by atoms with Crippen LogP contribution in [0.3, 0.4) is 0 Å². The van der Waals surface area contributed by atoms with Crippen molar-refractivity contribution >= 4 is 0 Å². The number of aromatic nitrogens is 2. The molecule has 1 aromatic carbocycles. The Morgan fingerprint density at radius 2 is 1.79 bits per heavy atom. The van der Waals surface area contributed by atoms with Gasteiger partial charge >= 0.3 is 0 Å². The summed E-state index contributed by atoms with van der Waals surface area (Å²) in [4.78, 5) is 7.91. The third-order valence-electron chi connectivity index (χ3n) is 2.71. The number of hydrogen-bond donors (Lipinski definition) is 0. The van der Waals surface area contributed by atoms with E-state index in [1.807, 2.05) is 30.3 Å². The molecule has 0 aliphatic carbocycles. The molecule has 19 heavy (non-hydrogen) atoms. The Kier molecular flexibility index (Phi) is 4.46. The van der Waals surface area contributed by atoms with E-state index in [-0.39, 0.29) is 5.82 Å². The summed E-state index contributed by atoms with van der Waals surface area (Å²) in [6.45, 7) is 2.88. The fourth-order valence-electron chi connectivity index (χ4n) is 1.61. The lowest BCUT2D eigenvalue weighted by molar-refractivity contribution is 0.309. The van der Waals surface area contributed by atoms with Gasteiger partial charge in [-0.25, -0.2) is 9.97 Å². The van der Waals surface area contributed by atoms with Crippen LogP contribution in [-0.4, -0.2) is 16.6 Å². The standard InChI is InChI=1S/C15H15N3O/c1-2-3-8-19-14-6-4-12(5-7-14)13-10-17-15(9-16)18-11-13/h4-7,10-11H,2-3,8H2,1H3. The Morgan fingerprint density at radius 3 is 2.37 bits per heavy atom. The molecule has 0 N–H and O–H groups in total. The largest absolute Gasteiger partial charge is 0.494 e. The summed E-state index contributed by atoms with van der Waals surface area (Å²) in [5.74, 6) is 1.05. The van der Waals surface area contributed by atoms with Gasteiger partial charge in [0.2, 0.25) is 5.82 Å².